The fourth-order valence-corrected chi connectivity index (χ4v) is 4.45. The Morgan fingerprint density at radius 2 is 1.70 bits per heavy atom. The molecule has 0 saturated heterocycles. The highest BCUT2D eigenvalue weighted by molar-refractivity contribution is 5.94. The maximum absolute atomic E-state index is 11.5. The van der Waals surface area contributed by atoms with Crippen LogP contribution in [-0.4, -0.2) is 5.78 Å². The van der Waals surface area contributed by atoms with Crippen molar-refractivity contribution in [1.29, 1.82) is 0 Å². The van der Waals surface area contributed by atoms with Gasteiger partial charge in [-0.05, 0) is 61.6 Å². The van der Waals surface area contributed by atoms with E-state index in [1.807, 2.05) is 24.3 Å². The van der Waals surface area contributed by atoms with Crippen LogP contribution < -0.4 is 5.73 Å². The molecule has 0 aliphatic heterocycles. The van der Waals surface area contributed by atoms with Crippen LogP contribution in [0, 0.1) is 5.92 Å². The molecule has 144 valence electrons. The van der Waals surface area contributed by atoms with Crippen molar-refractivity contribution >= 4 is 11.5 Å². The summed E-state index contributed by atoms with van der Waals surface area (Å²) in [4.78, 5) is 11.5. The zero-order valence-corrected chi connectivity index (χ0v) is 16.8. The van der Waals surface area contributed by atoms with E-state index in [4.69, 9.17) is 5.73 Å². The normalized spacial score (nSPS) is 19.8. The van der Waals surface area contributed by atoms with Crippen LogP contribution in [0.25, 0.3) is 11.1 Å². The van der Waals surface area contributed by atoms with Gasteiger partial charge in [0.15, 0.2) is 5.78 Å². The van der Waals surface area contributed by atoms with E-state index in [1.54, 1.807) is 6.92 Å². The summed E-state index contributed by atoms with van der Waals surface area (Å²) in [5, 5.41) is 0. The average molecular weight is 364 g/mol. The van der Waals surface area contributed by atoms with E-state index in [0.29, 0.717) is 5.92 Å². The first-order valence-electron chi connectivity index (χ1n) is 10.6. The minimum absolute atomic E-state index is 0.0927. The molecule has 0 aromatic heterocycles. The van der Waals surface area contributed by atoms with Crippen molar-refractivity contribution in [3.8, 4) is 11.1 Å². The molecule has 0 heterocycles. The summed E-state index contributed by atoms with van der Waals surface area (Å²) in [5.41, 5.74) is 11.5. The van der Waals surface area contributed by atoms with E-state index in [-0.39, 0.29) is 5.78 Å². The van der Waals surface area contributed by atoms with Crippen LogP contribution >= 0.6 is 0 Å². The van der Waals surface area contributed by atoms with Crippen LogP contribution in [-0.2, 0) is 0 Å². The van der Waals surface area contributed by atoms with Crippen molar-refractivity contribution in [1.82, 2.24) is 0 Å². The zero-order chi connectivity index (χ0) is 19.2. The summed E-state index contributed by atoms with van der Waals surface area (Å²) in [7, 11) is 0. The second kappa shape index (κ2) is 9.21. The summed E-state index contributed by atoms with van der Waals surface area (Å²) >= 11 is 0. The summed E-state index contributed by atoms with van der Waals surface area (Å²) in [5.74, 6) is 1.68. The smallest absolute Gasteiger partial charge is 0.159 e. The number of carbonyl (C=O) groups excluding carboxylic acids is 1. The maximum atomic E-state index is 11.5. The number of Topliss-reactive ketones (excluding diaryl/α,β-unsaturated/α-hetero) is 1. The fourth-order valence-electron chi connectivity index (χ4n) is 4.45. The molecule has 2 aromatic carbocycles. The van der Waals surface area contributed by atoms with Gasteiger partial charge in [-0.2, -0.15) is 0 Å². The molecule has 3 rings (SSSR count). The number of nitrogen functional groups attached to an aromatic ring is 1. The first kappa shape index (κ1) is 19.7. The van der Waals surface area contributed by atoms with Crippen LogP contribution in [0.3, 0.4) is 0 Å². The van der Waals surface area contributed by atoms with E-state index < -0.39 is 0 Å². The highest BCUT2D eigenvalue weighted by atomic mass is 16.1. The van der Waals surface area contributed by atoms with Crippen molar-refractivity contribution in [2.24, 2.45) is 5.92 Å². The monoisotopic (exact) mass is 363 g/mol. The molecule has 0 amide bonds. The van der Waals surface area contributed by atoms with Gasteiger partial charge in [-0.3, -0.25) is 4.79 Å². The van der Waals surface area contributed by atoms with E-state index in [1.165, 1.54) is 56.9 Å². The Kier molecular flexibility index (Phi) is 6.71. The predicted octanol–water partition coefficient (Wildman–Crippen LogP) is 6.99. The number of hydrogen-bond acceptors (Lipinski definition) is 2. The SMILES string of the molecule is CCCCC[C@H]1CC[C@H](c2ccc(-c3ccc(C(C)=O)cc3)c(N)c2)CC1. The Balaban J connectivity index is 1.64. The summed E-state index contributed by atoms with van der Waals surface area (Å²) in [6.07, 6.45) is 10.8. The van der Waals surface area contributed by atoms with Gasteiger partial charge in [0.1, 0.15) is 0 Å². The van der Waals surface area contributed by atoms with E-state index in [9.17, 15) is 4.79 Å². The molecule has 1 fully saturated rings. The Hall–Kier alpha value is -2.09. The van der Waals surface area contributed by atoms with Gasteiger partial charge in [0.05, 0.1) is 0 Å². The lowest BCUT2D eigenvalue weighted by molar-refractivity contribution is 0.101. The minimum Gasteiger partial charge on any atom is -0.398 e. The zero-order valence-electron chi connectivity index (χ0n) is 16.8. The number of nitrogens with two attached hydrogens (primary N) is 1. The molecule has 27 heavy (non-hydrogen) atoms. The molecular formula is C25H33NO. The number of ketones is 1. The minimum atomic E-state index is 0.0927. The van der Waals surface area contributed by atoms with Gasteiger partial charge in [0.25, 0.3) is 0 Å². The largest absolute Gasteiger partial charge is 0.398 e. The predicted molar refractivity (Wildman–Crippen MR) is 115 cm³/mol. The van der Waals surface area contributed by atoms with Crippen LogP contribution in [0.15, 0.2) is 42.5 Å². The van der Waals surface area contributed by atoms with Crippen molar-refractivity contribution in [3.63, 3.8) is 0 Å². The van der Waals surface area contributed by atoms with Crippen LogP contribution in [0.5, 0.6) is 0 Å². The Labute approximate surface area is 164 Å². The second-order valence-electron chi connectivity index (χ2n) is 8.19. The van der Waals surface area contributed by atoms with Crippen LogP contribution in [0.2, 0.25) is 0 Å². The summed E-state index contributed by atoms with van der Waals surface area (Å²) < 4.78 is 0. The highest BCUT2D eigenvalue weighted by Crippen LogP contribution is 2.39. The third kappa shape index (κ3) is 5.00. The number of benzene rings is 2. The lowest BCUT2D eigenvalue weighted by atomic mass is 9.76. The third-order valence-corrected chi connectivity index (χ3v) is 6.21. The lowest BCUT2D eigenvalue weighted by Gasteiger charge is -2.29. The molecule has 0 atom stereocenters. The number of carbonyl (C=O) groups is 1. The van der Waals surface area contributed by atoms with Gasteiger partial charge < -0.3 is 5.73 Å². The molecule has 1 aliphatic rings. The van der Waals surface area contributed by atoms with Crippen molar-refractivity contribution < 1.29 is 4.79 Å². The molecule has 2 heteroatoms. The molecule has 1 aliphatic carbocycles. The Bertz CT molecular complexity index is 754. The van der Waals surface area contributed by atoms with Crippen LogP contribution in [0.1, 0.15) is 87.1 Å². The molecule has 2 nitrogen and oxygen atoms in total. The van der Waals surface area contributed by atoms with Crippen molar-refractivity contribution in [2.75, 3.05) is 5.73 Å². The number of anilines is 1. The first-order valence-corrected chi connectivity index (χ1v) is 10.6. The Morgan fingerprint density at radius 3 is 2.30 bits per heavy atom. The summed E-state index contributed by atoms with van der Waals surface area (Å²) in [6, 6.07) is 14.3. The second-order valence-corrected chi connectivity index (χ2v) is 8.19. The van der Waals surface area contributed by atoms with Crippen molar-refractivity contribution in [2.45, 2.75) is 71.1 Å². The molecule has 0 spiro atoms. The molecule has 0 unspecified atom stereocenters. The van der Waals surface area contributed by atoms with Crippen LogP contribution in [0.4, 0.5) is 5.69 Å². The molecule has 0 bridgehead atoms. The quantitative estimate of drug-likeness (QED) is 0.327. The highest BCUT2D eigenvalue weighted by Gasteiger charge is 2.22. The lowest BCUT2D eigenvalue weighted by Crippen LogP contribution is -2.13. The van der Waals surface area contributed by atoms with Gasteiger partial charge in [-0.25, -0.2) is 0 Å². The van der Waals surface area contributed by atoms with Gasteiger partial charge in [0, 0.05) is 16.8 Å². The summed E-state index contributed by atoms with van der Waals surface area (Å²) in [6.45, 7) is 3.87. The third-order valence-electron chi connectivity index (χ3n) is 6.21. The number of rotatable bonds is 7. The Morgan fingerprint density at radius 1 is 1.00 bits per heavy atom. The molecular weight excluding hydrogens is 330 g/mol. The van der Waals surface area contributed by atoms with E-state index >= 15 is 0 Å². The number of hydrogen-bond donors (Lipinski definition) is 1. The first-order chi connectivity index (χ1) is 13.1. The van der Waals surface area contributed by atoms with Crippen molar-refractivity contribution in [3.05, 3.63) is 53.6 Å². The standard InChI is InChI=1S/C25H33NO/c1-3-4-5-6-19-7-9-21(10-8-19)23-15-16-24(25(26)17-23)22-13-11-20(12-14-22)18(2)27/h11-17,19,21H,3-10,26H2,1-2H3/t19-,21-. The average Bonchev–Trinajstić information content (AvgIpc) is 2.69. The fraction of sp³-hybridized carbons (Fsp3) is 0.480. The van der Waals surface area contributed by atoms with Gasteiger partial charge in [-0.15, -0.1) is 0 Å². The van der Waals surface area contributed by atoms with Gasteiger partial charge in [0.2, 0.25) is 0 Å². The molecule has 0 radical (unpaired) electrons. The van der Waals surface area contributed by atoms with E-state index in [0.717, 1.165) is 28.3 Å². The molecule has 1 saturated carbocycles. The van der Waals surface area contributed by atoms with Gasteiger partial charge >= 0.3 is 0 Å². The molecule has 2 N–H and O–H groups in total. The van der Waals surface area contributed by atoms with E-state index in [2.05, 4.69) is 25.1 Å². The maximum Gasteiger partial charge on any atom is 0.159 e. The van der Waals surface area contributed by atoms with Gasteiger partial charge in [-0.1, -0.05) is 69.0 Å². The topological polar surface area (TPSA) is 43.1 Å². The number of unbranched alkanes of at least 4 members (excludes halogenated alkanes) is 2. The molecule has 2 aromatic rings.